The molecular formula is C23H19ClFN3O5. The fraction of sp³-hybridized carbons (Fsp3) is 0.130. The first-order valence-electron chi connectivity index (χ1n) is 9.59. The Kier molecular flexibility index (Phi) is 6.93. The maximum Gasteiger partial charge on any atom is 0.339 e. The summed E-state index contributed by atoms with van der Waals surface area (Å²) < 4.78 is 20.2. The van der Waals surface area contributed by atoms with E-state index >= 15 is 0 Å². The molecule has 0 unspecified atom stereocenters. The van der Waals surface area contributed by atoms with E-state index in [1.807, 2.05) is 0 Å². The second-order valence-electron chi connectivity index (χ2n) is 7.08. The summed E-state index contributed by atoms with van der Waals surface area (Å²) in [6.45, 7) is -0.796. The van der Waals surface area contributed by atoms with Crippen LogP contribution in [0.15, 0.2) is 58.1 Å². The number of ketones is 1. The number of rotatable bonds is 6. The Morgan fingerprint density at radius 3 is 2.24 bits per heavy atom. The zero-order chi connectivity index (χ0) is 24.3. The van der Waals surface area contributed by atoms with Crippen molar-refractivity contribution in [3.05, 3.63) is 96.9 Å². The lowest BCUT2D eigenvalue weighted by Gasteiger charge is -2.12. The average molecular weight is 472 g/mol. The molecule has 33 heavy (non-hydrogen) atoms. The third-order valence-corrected chi connectivity index (χ3v) is 5.13. The maximum absolute atomic E-state index is 13.4. The minimum absolute atomic E-state index is 0.0476. The van der Waals surface area contributed by atoms with E-state index in [-0.39, 0.29) is 11.4 Å². The van der Waals surface area contributed by atoms with E-state index in [0.717, 1.165) is 9.13 Å². The van der Waals surface area contributed by atoms with Gasteiger partial charge < -0.3 is 10.5 Å². The minimum Gasteiger partial charge on any atom is -0.454 e. The molecule has 3 rings (SSSR count). The molecule has 10 heteroatoms. The third-order valence-electron chi connectivity index (χ3n) is 4.88. The molecule has 2 N–H and O–H groups in total. The van der Waals surface area contributed by atoms with E-state index in [0.29, 0.717) is 16.1 Å². The molecule has 8 nitrogen and oxygen atoms in total. The van der Waals surface area contributed by atoms with Crippen molar-refractivity contribution in [3.8, 4) is 0 Å². The highest BCUT2D eigenvalue weighted by atomic mass is 35.5. The molecule has 0 saturated carbocycles. The number of carbonyl (C=O) groups is 2. The maximum atomic E-state index is 13.4. The number of Topliss-reactive ketones (excluding diaryl/α,β-unsaturated/α-hetero) is 1. The van der Waals surface area contributed by atoms with Crippen molar-refractivity contribution in [1.82, 2.24) is 9.13 Å². The molecule has 0 fully saturated rings. The molecule has 0 aliphatic heterocycles. The van der Waals surface area contributed by atoms with E-state index in [1.54, 1.807) is 24.3 Å². The predicted molar refractivity (Wildman–Crippen MR) is 122 cm³/mol. The highest BCUT2D eigenvalue weighted by Crippen LogP contribution is 2.22. The van der Waals surface area contributed by atoms with Gasteiger partial charge in [-0.25, -0.2) is 14.0 Å². The quantitative estimate of drug-likeness (QED) is 0.256. The molecule has 0 bridgehead atoms. The SMILES string of the molecule is Cn1c(N)c(C(=O)COC(=O)/C(=C/c2ccc(Cl)cc2)c2ccc(F)cc2)c(=O)n(C)c1=O. The van der Waals surface area contributed by atoms with Crippen LogP contribution in [0.3, 0.4) is 0 Å². The van der Waals surface area contributed by atoms with Gasteiger partial charge in [-0.2, -0.15) is 0 Å². The summed E-state index contributed by atoms with van der Waals surface area (Å²) in [5.41, 5.74) is 4.72. The number of hydrogen-bond acceptors (Lipinski definition) is 6. The Labute approximate surface area is 192 Å². The Balaban J connectivity index is 1.91. The molecule has 0 aliphatic rings. The van der Waals surface area contributed by atoms with Crippen molar-refractivity contribution < 1.29 is 18.7 Å². The molecule has 0 spiro atoms. The van der Waals surface area contributed by atoms with Crippen LogP contribution in [-0.2, 0) is 23.6 Å². The Hall–Kier alpha value is -3.98. The highest BCUT2D eigenvalue weighted by molar-refractivity contribution is 6.30. The summed E-state index contributed by atoms with van der Waals surface area (Å²) in [6.07, 6.45) is 1.50. The number of esters is 1. The van der Waals surface area contributed by atoms with Gasteiger partial charge in [0.1, 0.15) is 17.2 Å². The Bertz CT molecular complexity index is 1370. The molecule has 0 saturated heterocycles. The van der Waals surface area contributed by atoms with Crippen LogP contribution >= 0.6 is 11.6 Å². The van der Waals surface area contributed by atoms with Crippen LogP contribution in [0.4, 0.5) is 10.2 Å². The summed E-state index contributed by atoms with van der Waals surface area (Å²) >= 11 is 5.90. The van der Waals surface area contributed by atoms with Crippen LogP contribution in [0.1, 0.15) is 21.5 Å². The number of nitrogens with two attached hydrogens (primary N) is 1. The lowest BCUT2D eigenvalue weighted by atomic mass is 10.0. The van der Waals surface area contributed by atoms with Gasteiger partial charge in [-0.05, 0) is 41.5 Å². The van der Waals surface area contributed by atoms with Gasteiger partial charge in [0, 0.05) is 19.1 Å². The van der Waals surface area contributed by atoms with Crippen molar-refractivity contribution in [2.24, 2.45) is 14.1 Å². The van der Waals surface area contributed by atoms with E-state index < -0.39 is 41.0 Å². The van der Waals surface area contributed by atoms with Gasteiger partial charge in [-0.1, -0.05) is 35.9 Å². The average Bonchev–Trinajstić information content (AvgIpc) is 2.80. The molecule has 0 amide bonds. The van der Waals surface area contributed by atoms with Crippen LogP contribution in [0.25, 0.3) is 11.6 Å². The summed E-state index contributed by atoms with van der Waals surface area (Å²) in [4.78, 5) is 49.8. The summed E-state index contributed by atoms with van der Waals surface area (Å²) in [6, 6.07) is 11.7. The van der Waals surface area contributed by atoms with Gasteiger partial charge in [-0.15, -0.1) is 0 Å². The predicted octanol–water partition coefficient (Wildman–Crippen LogP) is 2.43. The molecule has 170 valence electrons. The number of halogens is 2. The molecular weight excluding hydrogens is 453 g/mol. The van der Waals surface area contributed by atoms with Gasteiger partial charge >= 0.3 is 11.7 Å². The Morgan fingerprint density at radius 2 is 1.64 bits per heavy atom. The molecule has 0 aliphatic carbocycles. The number of nitrogens with zero attached hydrogens (tertiary/aromatic N) is 2. The fourth-order valence-electron chi connectivity index (χ4n) is 3.02. The number of nitrogen functional groups attached to an aromatic ring is 1. The molecule has 3 aromatic rings. The number of hydrogen-bond donors (Lipinski definition) is 1. The standard InChI is InChI=1S/C23H19ClFN3O5/c1-27-20(26)19(21(30)28(2)23(27)32)18(29)12-33-22(31)17(14-5-9-16(25)10-6-14)11-13-3-7-15(24)8-4-13/h3-11H,12,26H2,1-2H3/b17-11+. The van der Waals surface area contributed by atoms with Crippen molar-refractivity contribution >= 4 is 40.8 Å². The zero-order valence-electron chi connectivity index (χ0n) is 17.7. The van der Waals surface area contributed by atoms with E-state index in [1.165, 1.54) is 44.4 Å². The molecule has 0 radical (unpaired) electrons. The second-order valence-corrected chi connectivity index (χ2v) is 7.52. The van der Waals surface area contributed by atoms with Crippen LogP contribution in [0.5, 0.6) is 0 Å². The summed E-state index contributed by atoms with van der Waals surface area (Å²) in [7, 11) is 2.51. The molecule has 1 aromatic heterocycles. The highest BCUT2D eigenvalue weighted by Gasteiger charge is 2.23. The first kappa shape index (κ1) is 23.7. The second kappa shape index (κ2) is 9.66. The molecule has 1 heterocycles. The number of anilines is 1. The van der Waals surface area contributed by atoms with Crippen LogP contribution < -0.4 is 17.0 Å². The largest absolute Gasteiger partial charge is 0.454 e. The van der Waals surface area contributed by atoms with E-state index in [9.17, 15) is 23.6 Å². The van der Waals surface area contributed by atoms with Gasteiger partial charge in [0.15, 0.2) is 6.61 Å². The van der Waals surface area contributed by atoms with Gasteiger partial charge in [0.05, 0.1) is 5.57 Å². The number of carbonyl (C=O) groups excluding carboxylic acids is 2. The van der Waals surface area contributed by atoms with Crippen LogP contribution in [0.2, 0.25) is 5.02 Å². The monoisotopic (exact) mass is 471 g/mol. The summed E-state index contributed by atoms with van der Waals surface area (Å²) in [5.74, 6) is -2.58. The summed E-state index contributed by atoms with van der Waals surface area (Å²) in [5, 5.41) is 0.500. The lowest BCUT2D eigenvalue weighted by Crippen LogP contribution is -2.42. The normalized spacial score (nSPS) is 11.3. The van der Waals surface area contributed by atoms with Gasteiger partial charge in [0.2, 0.25) is 5.78 Å². The zero-order valence-corrected chi connectivity index (χ0v) is 18.4. The van der Waals surface area contributed by atoms with Gasteiger partial charge in [0.25, 0.3) is 5.56 Å². The Morgan fingerprint density at radius 1 is 1.03 bits per heavy atom. The van der Waals surface area contributed by atoms with Crippen LogP contribution in [0, 0.1) is 5.82 Å². The first-order valence-corrected chi connectivity index (χ1v) is 9.97. The van der Waals surface area contributed by atoms with Crippen LogP contribution in [-0.4, -0.2) is 27.5 Å². The van der Waals surface area contributed by atoms with E-state index in [4.69, 9.17) is 22.1 Å². The molecule has 0 atom stereocenters. The number of aromatic nitrogens is 2. The third kappa shape index (κ3) is 5.09. The fourth-order valence-corrected chi connectivity index (χ4v) is 3.14. The van der Waals surface area contributed by atoms with Crippen molar-refractivity contribution in [3.63, 3.8) is 0 Å². The number of ether oxygens (including phenoxy) is 1. The van der Waals surface area contributed by atoms with Crippen molar-refractivity contribution in [2.45, 2.75) is 0 Å². The topological polar surface area (TPSA) is 113 Å². The van der Waals surface area contributed by atoms with Crippen molar-refractivity contribution in [1.29, 1.82) is 0 Å². The van der Waals surface area contributed by atoms with Crippen molar-refractivity contribution in [2.75, 3.05) is 12.3 Å². The first-order chi connectivity index (χ1) is 15.6. The minimum atomic E-state index is -0.896. The lowest BCUT2D eigenvalue weighted by molar-refractivity contribution is -0.135. The van der Waals surface area contributed by atoms with Gasteiger partial charge in [-0.3, -0.25) is 18.7 Å². The molecule has 2 aromatic carbocycles. The van der Waals surface area contributed by atoms with E-state index in [2.05, 4.69) is 0 Å². The number of benzene rings is 2. The smallest absolute Gasteiger partial charge is 0.339 e.